The molecule has 0 unspecified atom stereocenters. The van der Waals surface area contributed by atoms with E-state index in [2.05, 4.69) is 18.6 Å². The molecule has 20 heavy (non-hydrogen) atoms. The zero-order chi connectivity index (χ0) is 15.6. The molecule has 0 aromatic heterocycles. The van der Waals surface area contributed by atoms with E-state index in [1.165, 1.54) is 19.9 Å². The van der Waals surface area contributed by atoms with E-state index in [0.29, 0.717) is 6.54 Å². The van der Waals surface area contributed by atoms with Gasteiger partial charge in [-0.05, 0) is 12.3 Å². The Bertz CT molecular complexity index is 369. The first kappa shape index (κ1) is 19.3. The average Bonchev–Trinajstić information content (AvgIpc) is 2.34. The lowest BCUT2D eigenvalue weighted by Gasteiger charge is -2.16. The Balaban J connectivity index is 3.74. The molecule has 2 N–H and O–H groups in total. The fourth-order valence-corrected chi connectivity index (χ4v) is 2.67. The summed E-state index contributed by atoms with van der Waals surface area (Å²) in [6, 6.07) is 0. The molecule has 0 saturated carbocycles. The van der Waals surface area contributed by atoms with E-state index in [1.807, 2.05) is 0 Å². The molecule has 0 aromatic carbocycles. The van der Waals surface area contributed by atoms with Crippen molar-refractivity contribution in [1.82, 2.24) is 9.03 Å². The van der Waals surface area contributed by atoms with E-state index in [1.54, 1.807) is 0 Å². The smallest absolute Gasteiger partial charge is 0.304 e. The number of hydrogen-bond donors (Lipinski definition) is 2. The van der Waals surface area contributed by atoms with E-state index in [4.69, 9.17) is 5.11 Å². The summed E-state index contributed by atoms with van der Waals surface area (Å²) in [5.74, 6) is -0.284. The fraction of sp³-hybridized carbons (Fsp3) is 0.923. The molecule has 120 valence electrons. The maximum Gasteiger partial charge on any atom is 0.304 e. The zero-order valence-electron chi connectivity index (χ0n) is 12.8. The maximum absolute atomic E-state index is 11.7. The number of carbonyl (C=O) groups is 1. The first-order chi connectivity index (χ1) is 9.25. The molecule has 0 aliphatic carbocycles. The van der Waals surface area contributed by atoms with Gasteiger partial charge in [0, 0.05) is 20.1 Å². The van der Waals surface area contributed by atoms with E-state index in [9.17, 15) is 13.2 Å². The fourth-order valence-electron chi connectivity index (χ4n) is 1.72. The molecular weight excluding hydrogens is 280 g/mol. The van der Waals surface area contributed by atoms with Gasteiger partial charge in [0.15, 0.2) is 0 Å². The molecule has 0 saturated heterocycles. The summed E-state index contributed by atoms with van der Waals surface area (Å²) in [6.45, 7) is 4.78. The van der Waals surface area contributed by atoms with E-state index in [0.717, 1.165) is 29.5 Å². The highest BCUT2D eigenvalue weighted by atomic mass is 32.2. The highest BCUT2D eigenvalue weighted by Crippen LogP contribution is 2.09. The quantitative estimate of drug-likeness (QED) is 0.539. The standard InChI is InChI=1S/C13H28N2O4S/c1-12(2)8-6-4-5-7-10-14-20(18,19)15(3)11-9-13(16)17/h12,14H,4-11H2,1-3H3,(H,16,17). The molecule has 0 aliphatic heterocycles. The summed E-state index contributed by atoms with van der Waals surface area (Å²) >= 11 is 0. The third-order valence-corrected chi connectivity index (χ3v) is 4.62. The lowest BCUT2D eigenvalue weighted by molar-refractivity contribution is -0.137. The molecule has 0 spiro atoms. The molecule has 0 rings (SSSR count). The van der Waals surface area contributed by atoms with Gasteiger partial charge in [0.25, 0.3) is 10.2 Å². The molecule has 0 fully saturated rings. The predicted molar refractivity (Wildman–Crippen MR) is 79.7 cm³/mol. The summed E-state index contributed by atoms with van der Waals surface area (Å²) in [7, 11) is -2.16. The van der Waals surface area contributed by atoms with Gasteiger partial charge in [-0.3, -0.25) is 4.79 Å². The highest BCUT2D eigenvalue weighted by Gasteiger charge is 2.17. The van der Waals surface area contributed by atoms with Crippen molar-refractivity contribution in [2.45, 2.75) is 52.4 Å². The molecule has 0 amide bonds. The second-order valence-corrected chi connectivity index (χ2v) is 7.32. The van der Waals surface area contributed by atoms with Crippen LogP contribution >= 0.6 is 0 Å². The van der Waals surface area contributed by atoms with E-state index in [-0.39, 0.29) is 13.0 Å². The number of carboxylic acids is 1. The number of aliphatic carboxylic acids is 1. The lowest BCUT2D eigenvalue weighted by Crippen LogP contribution is -2.39. The number of nitrogens with one attached hydrogen (secondary N) is 1. The topological polar surface area (TPSA) is 86.7 Å². The molecule has 0 aromatic rings. The maximum atomic E-state index is 11.7. The van der Waals surface area contributed by atoms with Gasteiger partial charge in [0.05, 0.1) is 6.42 Å². The third-order valence-electron chi connectivity index (χ3n) is 3.04. The summed E-state index contributed by atoms with van der Waals surface area (Å²) in [6.07, 6.45) is 5.14. The van der Waals surface area contributed by atoms with Gasteiger partial charge in [0.2, 0.25) is 0 Å². The monoisotopic (exact) mass is 308 g/mol. The minimum atomic E-state index is -3.54. The van der Waals surface area contributed by atoms with E-state index >= 15 is 0 Å². The number of unbranched alkanes of at least 4 members (excludes halogenated alkanes) is 3. The Hall–Kier alpha value is -0.660. The lowest BCUT2D eigenvalue weighted by atomic mass is 10.0. The number of carboxylic acid groups (broad SMARTS) is 1. The van der Waals surface area contributed by atoms with Crippen molar-refractivity contribution in [2.24, 2.45) is 5.92 Å². The second kappa shape index (κ2) is 10.1. The summed E-state index contributed by atoms with van der Waals surface area (Å²) in [5.41, 5.74) is 0. The molecular formula is C13H28N2O4S. The zero-order valence-corrected chi connectivity index (χ0v) is 13.6. The Morgan fingerprint density at radius 3 is 2.35 bits per heavy atom. The van der Waals surface area contributed by atoms with Gasteiger partial charge >= 0.3 is 5.97 Å². The van der Waals surface area contributed by atoms with Crippen molar-refractivity contribution in [3.63, 3.8) is 0 Å². The van der Waals surface area contributed by atoms with Crippen molar-refractivity contribution >= 4 is 16.2 Å². The van der Waals surface area contributed by atoms with Crippen LogP contribution < -0.4 is 4.72 Å². The molecule has 0 aliphatic rings. The number of rotatable bonds is 12. The SMILES string of the molecule is CC(C)CCCCCCNS(=O)(=O)N(C)CCC(=O)O. The van der Waals surface area contributed by atoms with E-state index < -0.39 is 16.2 Å². The largest absolute Gasteiger partial charge is 0.481 e. The normalized spacial score (nSPS) is 12.2. The number of hydrogen-bond acceptors (Lipinski definition) is 3. The Morgan fingerprint density at radius 2 is 1.80 bits per heavy atom. The molecule has 0 atom stereocenters. The van der Waals surface area contributed by atoms with Crippen molar-refractivity contribution in [2.75, 3.05) is 20.1 Å². The Labute approximate surface area is 122 Å². The molecule has 0 bridgehead atoms. The first-order valence-corrected chi connectivity index (χ1v) is 8.62. The van der Waals surface area contributed by atoms with Crippen molar-refractivity contribution < 1.29 is 18.3 Å². The molecule has 0 heterocycles. The van der Waals surface area contributed by atoms with Crippen LogP contribution in [0.3, 0.4) is 0 Å². The summed E-state index contributed by atoms with van der Waals surface area (Å²) in [4.78, 5) is 10.4. The highest BCUT2D eigenvalue weighted by molar-refractivity contribution is 7.87. The van der Waals surface area contributed by atoms with Gasteiger partial charge in [-0.1, -0.05) is 39.5 Å². The van der Waals surface area contributed by atoms with Crippen LogP contribution in [0.4, 0.5) is 0 Å². The van der Waals surface area contributed by atoms with Crippen molar-refractivity contribution in [1.29, 1.82) is 0 Å². The first-order valence-electron chi connectivity index (χ1n) is 7.18. The predicted octanol–water partition coefficient (Wildman–Crippen LogP) is 1.83. The van der Waals surface area contributed by atoms with Gasteiger partial charge in [0.1, 0.15) is 0 Å². The second-order valence-electron chi connectivity index (χ2n) is 5.46. The van der Waals surface area contributed by atoms with Crippen LogP contribution in [0.5, 0.6) is 0 Å². The van der Waals surface area contributed by atoms with Gasteiger partial charge in [-0.2, -0.15) is 12.7 Å². The molecule has 7 heteroatoms. The summed E-state index contributed by atoms with van der Waals surface area (Å²) < 4.78 is 27.0. The van der Waals surface area contributed by atoms with Gasteiger partial charge in [-0.15, -0.1) is 0 Å². The minimum absolute atomic E-state index is 0.0148. The van der Waals surface area contributed by atoms with Crippen LogP contribution in [0, 0.1) is 5.92 Å². The van der Waals surface area contributed by atoms with Crippen LogP contribution in [-0.2, 0) is 15.0 Å². The van der Waals surface area contributed by atoms with Crippen molar-refractivity contribution in [3.05, 3.63) is 0 Å². The molecule has 0 radical (unpaired) electrons. The van der Waals surface area contributed by atoms with Crippen LogP contribution in [0.2, 0.25) is 0 Å². The Morgan fingerprint density at radius 1 is 1.20 bits per heavy atom. The third kappa shape index (κ3) is 10.2. The number of nitrogens with zero attached hydrogens (tertiary/aromatic N) is 1. The molecule has 6 nitrogen and oxygen atoms in total. The van der Waals surface area contributed by atoms with Gasteiger partial charge < -0.3 is 5.11 Å². The van der Waals surface area contributed by atoms with Crippen molar-refractivity contribution in [3.8, 4) is 0 Å². The van der Waals surface area contributed by atoms with Crippen LogP contribution in [0.25, 0.3) is 0 Å². The Kier molecular flexibility index (Phi) is 9.79. The van der Waals surface area contributed by atoms with Crippen LogP contribution in [0.1, 0.15) is 52.4 Å². The van der Waals surface area contributed by atoms with Crippen LogP contribution in [0.15, 0.2) is 0 Å². The summed E-state index contributed by atoms with van der Waals surface area (Å²) in [5, 5.41) is 8.52. The van der Waals surface area contributed by atoms with Crippen LogP contribution in [-0.4, -0.2) is 43.9 Å². The minimum Gasteiger partial charge on any atom is -0.481 e. The average molecular weight is 308 g/mol. The van der Waals surface area contributed by atoms with Gasteiger partial charge in [-0.25, -0.2) is 4.72 Å².